The number of guanidine groups is 1. The highest BCUT2D eigenvalue weighted by Crippen LogP contribution is 2.11. The van der Waals surface area contributed by atoms with Crippen LogP contribution in [0.15, 0.2) is 60.0 Å². The Bertz CT molecular complexity index is 1070. The smallest absolute Gasteiger partial charge is 0.191 e. The molecule has 8 nitrogen and oxygen atoms in total. The third kappa shape index (κ3) is 4.41. The van der Waals surface area contributed by atoms with E-state index in [1.165, 1.54) is 5.52 Å². The lowest BCUT2D eigenvalue weighted by Crippen LogP contribution is -2.37. The molecule has 0 aliphatic carbocycles. The number of rotatable bonds is 6. The number of nitrogens with zero attached hydrogens (tertiary/aromatic N) is 6. The Morgan fingerprint density at radius 1 is 1.07 bits per heavy atom. The Hall–Kier alpha value is -2.69. The topological polar surface area (TPSA) is 84.4 Å². The van der Waals surface area contributed by atoms with Crippen molar-refractivity contribution < 1.29 is 0 Å². The minimum atomic E-state index is 0. The molecule has 0 bridgehead atoms. The number of hydrogen-bond acceptors (Lipinski definition) is 4. The van der Waals surface area contributed by atoms with E-state index in [0.29, 0.717) is 6.54 Å². The molecular formula is C19H23IN8. The van der Waals surface area contributed by atoms with Gasteiger partial charge in [0, 0.05) is 26.3 Å². The first-order valence-corrected chi connectivity index (χ1v) is 8.98. The number of pyridine rings is 1. The first-order chi connectivity index (χ1) is 13.3. The fourth-order valence-electron chi connectivity index (χ4n) is 3.04. The molecule has 146 valence electrons. The van der Waals surface area contributed by atoms with E-state index in [1.807, 2.05) is 53.3 Å². The predicted molar refractivity (Wildman–Crippen MR) is 121 cm³/mol. The van der Waals surface area contributed by atoms with Crippen LogP contribution in [0.5, 0.6) is 0 Å². The summed E-state index contributed by atoms with van der Waals surface area (Å²) in [5.41, 5.74) is 3.03. The summed E-state index contributed by atoms with van der Waals surface area (Å²) in [6.07, 6.45) is 4.82. The Morgan fingerprint density at radius 2 is 1.93 bits per heavy atom. The van der Waals surface area contributed by atoms with Crippen LogP contribution < -0.4 is 10.6 Å². The molecule has 0 spiro atoms. The quantitative estimate of drug-likeness (QED) is 0.188. The lowest BCUT2D eigenvalue weighted by Gasteiger charge is -2.11. The molecule has 3 aromatic heterocycles. The van der Waals surface area contributed by atoms with Gasteiger partial charge in [-0.15, -0.1) is 34.2 Å². The number of aryl methyl sites for hydroxylation is 1. The minimum absolute atomic E-state index is 0. The maximum atomic E-state index is 4.42. The molecule has 0 unspecified atom stereocenters. The van der Waals surface area contributed by atoms with Gasteiger partial charge in [-0.3, -0.25) is 9.39 Å². The highest BCUT2D eigenvalue weighted by molar-refractivity contribution is 14.0. The summed E-state index contributed by atoms with van der Waals surface area (Å²) in [7, 11) is 1.76. The molecule has 0 aliphatic heterocycles. The van der Waals surface area contributed by atoms with Crippen LogP contribution >= 0.6 is 24.0 Å². The summed E-state index contributed by atoms with van der Waals surface area (Å²) in [6.45, 7) is 2.27. The lowest BCUT2D eigenvalue weighted by molar-refractivity contribution is 0.635. The third-order valence-electron chi connectivity index (χ3n) is 4.42. The van der Waals surface area contributed by atoms with Crippen LogP contribution in [-0.2, 0) is 13.1 Å². The Balaban J connectivity index is 0.00000225. The van der Waals surface area contributed by atoms with Crippen molar-refractivity contribution in [2.45, 2.75) is 19.5 Å². The summed E-state index contributed by atoms with van der Waals surface area (Å²) in [5, 5.41) is 15.0. The molecule has 9 heteroatoms. The molecular weight excluding hydrogens is 467 g/mol. The summed E-state index contributed by atoms with van der Waals surface area (Å²) in [6, 6.07) is 14.0. The van der Waals surface area contributed by atoms with Crippen LogP contribution in [0.3, 0.4) is 0 Å². The standard InChI is InChI=1S/C19H22N8.HI/c1-20-19(22-13-18-25-24-17-9-4-5-12-27(17)18)21-10-6-11-26-14-23-15-7-2-3-8-16(15)26;/h2-5,7-9,12,14H,6,10-11,13H2,1H3,(H2,20,21,22);1H. The van der Waals surface area contributed by atoms with Crippen molar-refractivity contribution in [3.05, 3.63) is 60.8 Å². The second-order valence-corrected chi connectivity index (χ2v) is 6.18. The van der Waals surface area contributed by atoms with Crippen molar-refractivity contribution >= 4 is 46.6 Å². The highest BCUT2D eigenvalue weighted by atomic mass is 127. The molecule has 0 amide bonds. The summed E-state index contributed by atoms with van der Waals surface area (Å²) in [5.74, 6) is 1.59. The number of benzene rings is 1. The predicted octanol–water partition coefficient (Wildman–Crippen LogP) is 2.45. The number of halogens is 1. The number of para-hydroxylation sites is 2. The lowest BCUT2D eigenvalue weighted by atomic mass is 10.3. The molecule has 4 aromatic rings. The van der Waals surface area contributed by atoms with Crippen LogP contribution in [0.1, 0.15) is 12.2 Å². The highest BCUT2D eigenvalue weighted by Gasteiger charge is 2.06. The average Bonchev–Trinajstić information content (AvgIpc) is 3.32. The molecule has 1 aromatic carbocycles. The number of fused-ring (bicyclic) bond motifs is 2. The zero-order chi connectivity index (χ0) is 18.5. The van der Waals surface area contributed by atoms with Gasteiger partial charge in [-0.25, -0.2) is 4.98 Å². The van der Waals surface area contributed by atoms with E-state index < -0.39 is 0 Å². The van der Waals surface area contributed by atoms with Gasteiger partial charge in [-0.1, -0.05) is 18.2 Å². The minimum Gasteiger partial charge on any atom is -0.356 e. The van der Waals surface area contributed by atoms with Crippen LogP contribution in [0.25, 0.3) is 16.7 Å². The van der Waals surface area contributed by atoms with E-state index >= 15 is 0 Å². The number of nitrogens with one attached hydrogen (secondary N) is 2. The molecule has 3 heterocycles. The monoisotopic (exact) mass is 490 g/mol. The fraction of sp³-hybridized carbons (Fsp3) is 0.263. The van der Waals surface area contributed by atoms with Crippen molar-refractivity contribution in [3.63, 3.8) is 0 Å². The molecule has 28 heavy (non-hydrogen) atoms. The first-order valence-electron chi connectivity index (χ1n) is 8.98. The van der Waals surface area contributed by atoms with Gasteiger partial charge in [-0.05, 0) is 30.7 Å². The van der Waals surface area contributed by atoms with Crippen LogP contribution in [-0.4, -0.2) is 43.7 Å². The van der Waals surface area contributed by atoms with E-state index in [1.54, 1.807) is 7.05 Å². The molecule has 0 fully saturated rings. The maximum absolute atomic E-state index is 4.42. The fourth-order valence-corrected chi connectivity index (χ4v) is 3.04. The zero-order valence-electron chi connectivity index (χ0n) is 15.6. The van der Waals surface area contributed by atoms with E-state index in [-0.39, 0.29) is 24.0 Å². The van der Waals surface area contributed by atoms with Gasteiger partial charge in [0.15, 0.2) is 17.4 Å². The summed E-state index contributed by atoms with van der Waals surface area (Å²) < 4.78 is 4.14. The van der Waals surface area contributed by atoms with E-state index in [2.05, 4.69) is 41.4 Å². The molecule has 0 aliphatic rings. The average molecular weight is 490 g/mol. The van der Waals surface area contributed by atoms with E-state index in [9.17, 15) is 0 Å². The number of aromatic nitrogens is 5. The van der Waals surface area contributed by atoms with Crippen molar-refractivity contribution in [1.29, 1.82) is 0 Å². The van der Waals surface area contributed by atoms with Crippen LogP contribution in [0.2, 0.25) is 0 Å². The van der Waals surface area contributed by atoms with Crippen molar-refractivity contribution in [2.24, 2.45) is 4.99 Å². The van der Waals surface area contributed by atoms with Crippen molar-refractivity contribution in [1.82, 2.24) is 34.8 Å². The first kappa shape index (κ1) is 20.1. The van der Waals surface area contributed by atoms with E-state index in [4.69, 9.17) is 0 Å². The van der Waals surface area contributed by atoms with Gasteiger partial charge >= 0.3 is 0 Å². The summed E-state index contributed by atoms with van der Waals surface area (Å²) >= 11 is 0. The second-order valence-electron chi connectivity index (χ2n) is 6.18. The SMILES string of the molecule is CN=C(NCCCn1cnc2ccccc21)NCc1nnc2ccccn12.I. The van der Waals surface area contributed by atoms with Gasteiger partial charge in [0.25, 0.3) is 0 Å². The Kier molecular flexibility index (Phi) is 6.80. The van der Waals surface area contributed by atoms with Crippen molar-refractivity contribution in [2.75, 3.05) is 13.6 Å². The molecule has 0 radical (unpaired) electrons. The van der Waals surface area contributed by atoms with Crippen LogP contribution in [0, 0.1) is 0 Å². The molecule has 0 saturated carbocycles. The molecule has 2 N–H and O–H groups in total. The third-order valence-corrected chi connectivity index (χ3v) is 4.42. The molecule has 0 saturated heterocycles. The largest absolute Gasteiger partial charge is 0.356 e. The van der Waals surface area contributed by atoms with Gasteiger partial charge in [-0.2, -0.15) is 0 Å². The molecule has 4 rings (SSSR count). The normalized spacial score (nSPS) is 11.5. The number of imidazole rings is 1. The maximum Gasteiger partial charge on any atom is 0.191 e. The van der Waals surface area contributed by atoms with Gasteiger partial charge in [0.05, 0.1) is 23.9 Å². The van der Waals surface area contributed by atoms with Gasteiger partial charge in [0.1, 0.15) is 0 Å². The second kappa shape index (κ2) is 9.49. The summed E-state index contributed by atoms with van der Waals surface area (Å²) in [4.78, 5) is 8.69. The van der Waals surface area contributed by atoms with Crippen molar-refractivity contribution in [3.8, 4) is 0 Å². The number of aliphatic imine (C=N–C) groups is 1. The van der Waals surface area contributed by atoms with Gasteiger partial charge in [0.2, 0.25) is 0 Å². The van der Waals surface area contributed by atoms with Gasteiger partial charge < -0.3 is 15.2 Å². The van der Waals surface area contributed by atoms with Crippen LogP contribution in [0.4, 0.5) is 0 Å². The number of hydrogen-bond donors (Lipinski definition) is 2. The van der Waals surface area contributed by atoms with E-state index in [0.717, 1.165) is 42.5 Å². The Labute approximate surface area is 180 Å². The zero-order valence-corrected chi connectivity index (χ0v) is 17.9. The Morgan fingerprint density at radius 3 is 2.82 bits per heavy atom. The molecule has 0 atom stereocenters.